The molecule has 1 aromatic heterocycles. The number of hydrogen-bond acceptors (Lipinski definition) is 3. The summed E-state index contributed by atoms with van der Waals surface area (Å²) in [6.45, 7) is 1.71. The van der Waals surface area contributed by atoms with E-state index in [1.165, 1.54) is 10.7 Å². The normalized spacial score (nSPS) is 10.5. The molecule has 2 rings (SSSR count). The molecule has 0 aliphatic carbocycles. The minimum Gasteiger partial charge on any atom is -0.382 e. The van der Waals surface area contributed by atoms with E-state index < -0.39 is 0 Å². The number of hydrogen-bond donors (Lipinski definition) is 2. The van der Waals surface area contributed by atoms with E-state index >= 15 is 0 Å². The van der Waals surface area contributed by atoms with Crippen molar-refractivity contribution in [3.05, 3.63) is 35.9 Å². The first-order valence-corrected chi connectivity index (χ1v) is 4.46. The summed E-state index contributed by atoms with van der Waals surface area (Å²) in [5.41, 5.74) is 6.46. The molecule has 0 amide bonds. The van der Waals surface area contributed by atoms with Crippen LogP contribution < -0.4 is 11.6 Å². The Kier molecular flexibility index (Phi) is 2.07. The van der Waals surface area contributed by atoms with Gasteiger partial charge in [0.2, 0.25) is 0 Å². The van der Waals surface area contributed by atoms with E-state index in [2.05, 4.69) is 4.98 Å². The molecule has 0 bridgehead atoms. The summed E-state index contributed by atoms with van der Waals surface area (Å²) in [5, 5.41) is 0. The highest BCUT2D eigenvalue weighted by molar-refractivity contribution is 5.71. The largest absolute Gasteiger partial charge is 0.382 e. The highest BCUT2D eigenvalue weighted by Crippen LogP contribution is 2.26. The van der Waals surface area contributed by atoms with Gasteiger partial charge in [-0.3, -0.25) is 0 Å². The van der Waals surface area contributed by atoms with Gasteiger partial charge in [-0.1, -0.05) is 12.1 Å². The van der Waals surface area contributed by atoms with Crippen molar-refractivity contribution in [3.63, 3.8) is 0 Å². The summed E-state index contributed by atoms with van der Waals surface area (Å²) >= 11 is 0. The summed E-state index contributed by atoms with van der Waals surface area (Å²) < 4.78 is 14.7. The summed E-state index contributed by atoms with van der Waals surface area (Å²) in [5.74, 6) is 6.05. The number of benzene rings is 1. The minimum absolute atomic E-state index is 0.262. The van der Waals surface area contributed by atoms with Crippen LogP contribution in [0.3, 0.4) is 0 Å². The molecule has 4 nitrogen and oxygen atoms in total. The molecule has 0 saturated heterocycles. The number of imidazole rings is 1. The van der Waals surface area contributed by atoms with Gasteiger partial charge in [0.05, 0.1) is 0 Å². The standard InChI is InChI=1S/C10H11FN4/c1-6-14-9(10(12)15(6)13)7-4-2-3-5-8(7)11/h2-5H,12-13H2,1H3. The Morgan fingerprint density at radius 2 is 2.00 bits per heavy atom. The summed E-state index contributed by atoms with van der Waals surface area (Å²) in [6.07, 6.45) is 0. The van der Waals surface area contributed by atoms with Crippen molar-refractivity contribution in [2.45, 2.75) is 6.92 Å². The lowest BCUT2D eigenvalue weighted by Crippen LogP contribution is -2.13. The van der Waals surface area contributed by atoms with E-state index in [0.29, 0.717) is 17.1 Å². The number of nitrogens with zero attached hydrogens (tertiary/aromatic N) is 2. The lowest BCUT2D eigenvalue weighted by Gasteiger charge is -2.01. The lowest BCUT2D eigenvalue weighted by molar-refractivity contribution is 0.631. The Morgan fingerprint density at radius 3 is 2.53 bits per heavy atom. The minimum atomic E-state index is -0.359. The van der Waals surface area contributed by atoms with Gasteiger partial charge in [-0.2, -0.15) is 0 Å². The molecule has 0 radical (unpaired) electrons. The molecule has 0 spiro atoms. The first kappa shape index (κ1) is 9.51. The molecule has 0 aliphatic heterocycles. The van der Waals surface area contributed by atoms with Crippen molar-refractivity contribution < 1.29 is 4.39 Å². The number of halogens is 1. The van der Waals surface area contributed by atoms with Gasteiger partial charge in [0, 0.05) is 5.56 Å². The molecule has 1 heterocycles. The molecule has 0 fully saturated rings. The third-order valence-electron chi connectivity index (χ3n) is 2.25. The molecule has 0 unspecified atom stereocenters. The highest BCUT2D eigenvalue weighted by atomic mass is 19.1. The molecule has 4 N–H and O–H groups in total. The van der Waals surface area contributed by atoms with Gasteiger partial charge in [0.1, 0.15) is 17.3 Å². The fraction of sp³-hybridized carbons (Fsp3) is 0.100. The third-order valence-corrected chi connectivity index (χ3v) is 2.25. The average Bonchev–Trinajstić information content (AvgIpc) is 2.47. The Labute approximate surface area is 86.3 Å². The summed E-state index contributed by atoms with van der Waals surface area (Å²) in [7, 11) is 0. The van der Waals surface area contributed by atoms with Gasteiger partial charge in [-0.15, -0.1) is 0 Å². The van der Waals surface area contributed by atoms with E-state index in [0.717, 1.165) is 0 Å². The Morgan fingerprint density at radius 1 is 1.33 bits per heavy atom. The highest BCUT2D eigenvalue weighted by Gasteiger charge is 2.14. The van der Waals surface area contributed by atoms with E-state index in [9.17, 15) is 4.39 Å². The molecule has 1 aromatic carbocycles. The molecule has 5 heteroatoms. The van der Waals surface area contributed by atoms with Crippen LogP contribution in [0.1, 0.15) is 5.82 Å². The van der Waals surface area contributed by atoms with Crippen LogP contribution in [0, 0.1) is 12.7 Å². The van der Waals surface area contributed by atoms with Crippen LogP contribution in [0.4, 0.5) is 10.2 Å². The van der Waals surface area contributed by atoms with Crippen molar-refractivity contribution in [2.75, 3.05) is 11.6 Å². The first-order valence-electron chi connectivity index (χ1n) is 4.46. The zero-order valence-corrected chi connectivity index (χ0v) is 8.24. The van der Waals surface area contributed by atoms with E-state index in [4.69, 9.17) is 11.6 Å². The second-order valence-corrected chi connectivity index (χ2v) is 3.24. The molecule has 15 heavy (non-hydrogen) atoms. The van der Waals surface area contributed by atoms with Crippen molar-refractivity contribution in [1.29, 1.82) is 0 Å². The number of anilines is 1. The van der Waals surface area contributed by atoms with Crippen molar-refractivity contribution in [1.82, 2.24) is 9.66 Å². The van der Waals surface area contributed by atoms with Crippen molar-refractivity contribution in [2.24, 2.45) is 0 Å². The van der Waals surface area contributed by atoms with Crippen molar-refractivity contribution in [3.8, 4) is 11.3 Å². The monoisotopic (exact) mass is 206 g/mol. The lowest BCUT2D eigenvalue weighted by atomic mass is 10.1. The number of nitrogens with two attached hydrogens (primary N) is 2. The van der Waals surface area contributed by atoms with Gasteiger partial charge in [-0.05, 0) is 19.1 Å². The zero-order valence-electron chi connectivity index (χ0n) is 8.24. The van der Waals surface area contributed by atoms with Crippen LogP contribution >= 0.6 is 0 Å². The predicted octanol–water partition coefficient (Wildman–Crippen LogP) is 1.29. The fourth-order valence-corrected chi connectivity index (χ4v) is 1.41. The molecular weight excluding hydrogens is 195 g/mol. The molecule has 2 aromatic rings. The van der Waals surface area contributed by atoms with E-state index in [-0.39, 0.29) is 11.6 Å². The predicted molar refractivity (Wildman–Crippen MR) is 56.9 cm³/mol. The second kappa shape index (κ2) is 3.27. The maximum Gasteiger partial charge on any atom is 0.150 e. The topological polar surface area (TPSA) is 69.9 Å². The van der Waals surface area contributed by atoms with Gasteiger partial charge in [0.25, 0.3) is 0 Å². The third kappa shape index (κ3) is 1.41. The molecule has 0 saturated carbocycles. The van der Waals surface area contributed by atoms with Gasteiger partial charge >= 0.3 is 0 Å². The van der Waals surface area contributed by atoms with Crippen LogP contribution in [0.25, 0.3) is 11.3 Å². The van der Waals surface area contributed by atoms with Crippen LogP contribution in [-0.2, 0) is 0 Å². The fourth-order valence-electron chi connectivity index (χ4n) is 1.41. The Balaban J connectivity index is 2.65. The molecule has 78 valence electrons. The van der Waals surface area contributed by atoms with Gasteiger partial charge < -0.3 is 11.6 Å². The first-order chi connectivity index (χ1) is 7.11. The maximum atomic E-state index is 13.5. The van der Waals surface area contributed by atoms with Gasteiger partial charge in [-0.25, -0.2) is 14.1 Å². The zero-order chi connectivity index (χ0) is 11.0. The van der Waals surface area contributed by atoms with Crippen LogP contribution in [0.5, 0.6) is 0 Å². The molecular formula is C10H11FN4. The SMILES string of the molecule is Cc1nc(-c2ccccc2F)c(N)n1N. The summed E-state index contributed by atoms with van der Waals surface area (Å²) in [4.78, 5) is 4.11. The Hall–Kier alpha value is -2.04. The quantitative estimate of drug-likeness (QED) is 0.691. The number of aromatic nitrogens is 2. The molecule has 0 atom stereocenters. The van der Waals surface area contributed by atoms with E-state index in [1.54, 1.807) is 25.1 Å². The number of nitrogen functional groups attached to an aromatic ring is 2. The average molecular weight is 206 g/mol. The van der Waals surface area contributed by atoms with Gasteiger partial charge in [0.15, 0.2) is 5.82 Å². The maximum absolute atomic E-state index is 13.5. The number of rotatable bonds is 1. The smallest absolute Gasteiger partial charge is 0.150 e. The Bertz CT molecular complexity index is 504. The number of aryl methyl sites for hydroxylation is 1. The summed E-state index contributed by atoms with van der Waals surface area (Å²) in [6, 6.07) is 6.32. The van der Waals surface area contributed by atoms with Crippen LogP contribution in [-0.4, -0.2) is 9.66 Å². The van der Waals surface area contributed by atoms with E-state index in [1.807, 2.05) is 0 Å². The second-order valence-electron chi connectivity index (χ2n) is 3.24. The molecule has 0 aliphatic rings. The van der Waals surface area contributed by atoms with Crippen LogP contribution in [0.15, 0.2) is 24.3 Å². The van der Waals surface area contributed by atoms with Crippen LogP contribution in [0.2, 0.25) is 0 Å². The van der Waals surface area contributed by atoms with Crippen molar-refractivity contribution >= 4 is 5.82 Å².